The number of ether oxygens (including phenoxy) is 1. The van der Waals surface area contributed by atoms with Crippen LogP contribution in [0.15, 0.2) is 66.7 Å². The van der Waals surface area contributed by atoms with Crippen LogP contribution in [-0.2, 0) is 17.8 Å². The van der Waals surface area contributed by atoms with Gasteiger partial charge >= 0.3 is 0 Å². The number of fused-ring (bicyclic) bond motifs is 1. The van der Waals surface area contributed by atoms with E-state index < -0.39 is 0 Å². The van der Waals surface area contributed by atoms with E-state index in [-0.39, 0.29) is 5.78 Å². The van der Waals surface area contributed by atoms with Crippen LogP contribution in [0, 0.1) is 0 Å². The van der Waals surface area contributed by atoms with Crippen molar-refractivity contribution >= 4 is 16.6 Å². The van der Waals surface area contributed by atoms with Crippen LogP contribution in [0.3, 0.4) is 0 Å². The van der Waals surface area contributed by atoms with Crippen LogP contribution in [0.4, 0.5) is 0 Å². The summed E-state index contributed by atoms with van der Waals surface area (Å²) in [5.41, 5.74) is 2.43. The van der Waals surface area contributed by atoms with Crippen LogP contribution in [0.25, 0.3) is 10.8 Å². The molecule has 0 atom stereocenters. The quantitative estimate of drug-likeness (QED) is 0.617. The van der Waals surface area contributed by atoms with Crippen molar-refractivity contribution in [3.63, 3.8) is 0 Å². The molecule has 0 bridgehead atoms. The zero-order chi connectivity index (χ0) is 20.1. The first-order valence-corrected chi connectivity index (χ1v) is 10.3. The maximum Gasteiger partial charge on any atom is 0.151 e. The number of nitrogens with zero attached hydrogens (tertiary/aromatic N) is 2. The number of hydrogen-bond donors (Lipinski definition) is 0. The van der Waals surface area contributed by atoms with Crippen molar-refractivity contribution in [2.45, 2.75) is 13.0 Å². The van der Waals surface area contributed by atoms with Gasteiger partial charge in [0, 0.05) is 39.1 Å². The van der Waals surface area contributed by atoms with E-state index in [0.29, 0.717) is 13.0 Å². The monoisotopic (exact) mass is 388 g/mol. The predicted octanol–water partition coefficient (Wildman–Crippen LogP) is 3.78. The zero-order valence-electron chi connectivity index (χ0n) is 17.0. The van der Waals surface area contributed by atoms with Gasteiger partial charge in [-0.2, -0.15) is 0 Å². The molecule has 0 aliphatic carbocycles. The smallest absolute Gasteiger partial charge is 0.151 e. The topological polar surface area (TPSA) is 32.8 Å². The van der Waals surface area contributed by atoms with Crippen LogP contribution in [0.1, 0.15) is 11.1 Å². The van der Waals surface area contributed by atoms with Gasteiger partial charge in [0.05, 0.1) is 13.7 Å². The van der Waals surface area contributed by atoms with Crippen molar-refractivity contribution < 1.29 is 9.53 Å². The lowest BCUT2D eigenvalue weighted by Gasteiger charge is -2.34. The number of ketones is 1. The van der Waals surface area contributed by atoms with E-state index in [2.05, 4.69) is 58.3 Å². The van der Waals surface area contributed by atoms with Crippen LogP contribution >= 0.6 is 0 Å². The van der Waals surface area contributed by atoms with E-state index >= 15 is 0 Å². The van der Waals surface area contributed by atoms with Gasteiger partial charge < -0.3 is 4.74 Å². The van der Waals surface area contributed by atoms with Gasteiger partial charge in [0.2, 0.25) is 0 Å². The molecule has 1 fully saturated rings. The normalized spacial score (nSPS) is 15.5. The lowest BCUT2D eigenvalue weighted by atomic mass is 10.0. The maximum absolute atomic E-state index is 12.6. The minimum atomic E-state index is 0.286. The van der Waals surface area contributed by atoms with E-state index in [1.165, 1.54) is 5.56 Å². The minimum absolute atomic E-state index is 0.286. The number of benzene rings is 3. The molecule has 1 aliphatic heterocycles. The molecule has 0 amide bonds. The first-order chi connectivity index (χ1) is 14.2. The molecule has 0 unspecified atom stereocenters. The first-order valence-electron chi connectivity index (χ1n) is 10.3. The lowest BCUT2D eigenvalue weighted by Crippen LogP contribution is -2.47. The summed E-state index contributed by atoms with van der Waals surface area (Å²) in [5.74, 6) is 1.14. The van der Waals surface area contributed by atoms with E-state index in [1.807, 2.05) is 18.2 Å². The van der Waals surface area contributed by atoms with Gasteiger partial charge in [-0.15, -0.1) is 0 Å². The third kappa shape index (κ3) is 5.22. The SMILES string of the molecule is COc1ccc2cc(CC(=O)CN3CCN(Cc4ccccc4)CC3)ccc2c1. The standard InChI is InChI=1S/C25H28N2O2/c1-29-25-10-9-22-15-21(7-8-23(22)17-25)16-24(28)19-27-13-11-26(12-14-27)18-20-5-3-2-4-6-20/h2-10,15,17H,11-14,16,18-19H2,1H3. The van der Waals surface area contributed by atoms with Crippen LogP contribution < -0.4 is 4.74 Å². The second kappa shape index (κ2) is 9.21. The second-order valence-electron chi connectivity index (χ2n) is 7.80. The van der Waals surface area contributed by atoms with Crippen molar-refractivity contribution in [1.82, 2.24) is 9.80 Å². The number of carbonyl (C=O) groups excluding carboxylic acids is 1. The third-order valence-corrected chi connectivity index (χ3v) is 5.63. The summed E-state index contributed by atoms with van der Waals surface area (Å²) in [4.78, 5) is 17.4. The van der Waals surface area contributed by atoms with Crippen molar-refractivity contribution in [1.29, 1.82) is 0 Å². The number of Topliss-reactive ketones (excluding diaryl/α,β-unsaturated/α-hetero) is 1. The summed E-state index contributed by atoms with van der Waals surface area (Å²) in [7, 11) is 1.68. The molecule has 4 nitrogen and oxygen atoms in total. The number of hydrogen-bond acceptors (Lipinski definition) is 4. The Morgan fingerprint density at radius 1 is 0.828 bits per heavy atom. The average molecular weight is 389 g/mol. The van der Waals surface area contributed by atoms with Crippen molar-refractivity contribution in [2.75, 3.05) is 39.8 Å². The molecule has 3 aromatic rings. The van der Waals surface area contributed by atoms with Gasteiger partial charge in [-0.1, -0.05) is 54.6 Å². The number of piperazine rings is 1. The summed E-state index contributed by atoms with van der Waals surface area (Å²) in [6.07, 6.45) is 0.492. The zero-order valence-corrected chi connectivity index (χ0v) is 17.0. The molecule has 0 aromatic heterocycles. The highest BCUT2D eigenvalue weighted by Gasteiger charge is 2.19. The molecular formula is C25H28N2O2. The Balaban J connectivity index is 1.27. The molecular weight excluding hydrogens is 360 g/mol. The van der Waals surface area contributed by atoms with Gasteiger partial charge in [-0.25, -0.2) is 0 Å². The third-order valence-electron chi connectivity index (χ3n) is 5.63. The molecule has 0 radical (unpaired) electrons. The van der Waals surface area contributed by atoms with E-state index in [9.17, 15) is 4.79 Å². The highest BCUT2D eigenvalue weighted by Crippen LogP contribution is 2.22. The molecule has 3 aromatic carbocycles. The maximum atomic E-state index is 12.6. The minimum Gasteiger partial charge on any atom is -0.497 e. The van der Waals surface area contributed by atoms with Crippen molar-refractivity contribution in [3.05, 3.63) is 77.9 Å². The summed E-state index contributed by atoms with van der Waals surface area (Å²) in [5, 5.41) is 2.28. The predicted molar refractivity (Wildman–Crippen MR) is 117 cm³/mol. The summed E-state index contributed by atoms with van der Waals surface area (Å²) in [6.45, 7) is 5.47. The fourth-order valence-corrected chi connectivity index (χ4v) is 3.99. The molecule has 150 valence electrons. The lowest BCUT2D eigenvalue weighted by molar-refractivity contribution is -0.120. The number of carbonyl (C=O) groups is 1. The molecule has 0 N–H and O–H groups in total. The van der Waals surface area contributed by atoms with Gasteiger partial charge in [0.1, 0.15) is 5.75 Å². The molecule has 4 heteroatoms. The highest BCUT2D eigenvalue weighted by atomic mass is 16.5. The first kappa shape index (κ1) is 19.6. The second-order valence-corrected chi connectivity index (χ2v) is 7.80. The van der Waals surface area contributed by atoms with Gasteiger partial charge in [-0.05, 0) is 34.0 Å². The summed E-state index contributed by atoms with van der Waals surface area (Å²) < 4.78 is 5.28. The van der Waals surface area contributed by atoms with Crippen LogP contribution in [0.5, 0.6) is 5.75 Å². The molecule has 4 rings (SSSR count). The molecule has 29 heavy (non-hydrogen) atoms. The Hall–Kier alpha value is -2.69. The Morgan fingerprint density at radius 2 is 1.52 bits per heavy atom. The van der Waals surface area contributed by atoms with Gasteiger partial charge in [0.15, 0.2) is 5.78 Å². The van der Waals surface area contributed by atoms with E-state index in [0.717, 1.165) is 54.8 Å². The Morgan fingerprint density at radius 3 is 2.28 bits per heavy atom. The molecule has 0 saturated carbocycles. The highest BCUT2D eigenvalue weighted by molar-refractivity contribution is 5.87. The van der Waals surface area contributed by atoms with Crippen LogP contribution in [-0.4, -0.2) is 55.4 Å². The Labute approximate surface area is 172 Å². The average Bonchev–Trinajstić information content (AvgIpc) is 2.75. The van der Waals surface area contributed by atoms with Gasteiger partial charge in [-0.3, -0.25) is 14.6 Å². The molecule has 1 heterocycles. The van der Waals surface area contributed by atoms with Crippen molar-refractivity contribution in [2.24, 2.45) is 0 Å². The fraction of sp³-hybridized carbons (Fsp3) is 0.320. The number of rotatable bonds is 7. The molecule has 1 aliphatic rings. The number of methoxy groups -OCH3 is 1. The van der Waals surface area contributed by atoms with Crippen molar-refractivity contribution in [3.8, 4) is 5.75 Å². The Bertz CT molecular complexity index is 963. The summed E-state index contributed by atoms with van der Waals surface area (Å²) >= 11 is 0. The van der Waals surface area contributed by atoms with Gasteiger partial charge in [0.25, 0.3) is 0 Å². The van der Waals surface area contributed by atoms with E-state index in [1.54, 1.807) is 7.11 Å². The van der Waals surface area contributed by atoms with Crippen LogP contribution in [0.2, 0.25) is 0 Å². The summed E-state index contributed by atoms with van der Waals surface area (Å²) in [6, 6.07) is 22.9. The Kier molecular flexibility index (Phi) is 6.23. The molecule has 0 spiro atoms. The largest absolute Gasteiger partial charge is 0.497 e. The molecule has 1 saturated heterocycles. The van der Waals surface area contributed by atoms with E-state index in [4.69, 9.17) is 4.74 Å². The fourth-order valence-electron chi connectivity index (χ4n) is 3.99.